The summed E-state index contributed by atoms with van der Waals surface area (Å²) in [7, 11) is 0. The van der Waals surface area contributed by atoms with E-state index in [9.17, 15) is 0 Å². The summed E-state index contributed by atoms with van der Waals surface area (Å²) in [5.41, 5.74) is 6.74. The van der Waals surface area contributed by atoms with Gasteiger partial charge >= 0.3 is 0 Å². The molecule has 57 heavy (non-hydrogen) atoms. The molecule has 0 aliphatic heterocycles. The van der Waals surface area contributed by atoms with Crippen LogP contribution in [0.15, 0.2) is 194 Å². The largest absolute Gasteiger partial charge is 0.308 e. The molecule has 5 heteroatoms. The minimum atomic E-state index is 1.11. The number of anilines is 6. The molecule has 0 spiro atoms. The van der Waals surface area contributed by atoms with Gasteiger partial charge in [-0.15, -0.1) is 34.0 Å². The maximum Gasteiger partial charge on any atom is 0.0796 e. The molecule has 0 aliphatic carbocycles. The highest BCUT2D eigenvalue weighted by Gasteiger charge is 2.27. The summed E-state index contributed by atoms with van der Waals surface area (Å²) < 4.78 is 7.71. The molecule has 3 heterocycles. The first-order valence-electron chi connectivity index (χ1n) is 19.2. The molecule has 12 aromatic rings. The standard InChI is InChI=1S/C52H32N2S3/c1-3-15-35(16-4-1)53(37-23-25-41-39-19-9-11-21-45(39)55-49(41)31-37)44-27-28-47-51(43-29-33-13-7-8-14-34(33)30-48(43)57-47)52(44)54(36-17-5-2-6-18-36)38-24-26-42-40-20-10-12-22-46(40)56-50(42)32-38/h1-32H. The molecule has 0 saturated carbocycles. The van der Waals surface area contributed by atoms with Crippen LogP contribution >= 0.6 is 34.0 Å². The summed E-state index contributed by atoms with van der Waals surface area (Å²) in [5, 5.41) is 10.2. The third-order valence-electron chi connectivity index (χ3n) is 11.2. The molecule has 0 unspecified atom stereocenters. The summed E-state index contributed by atoms with van der Waals surface area (Å²) in [6.45, 7) is 0. The van der Waals surface area contributed by atoms with Crippen LogP contribution < -0.4 is 9.80 Å². The van der Waals surface area contributed by atoms with Crippen LogP contribution in [0.1, 0.15) is 0 Å². The average Bonchev–Trinajstić information content (AvgIpc) is 3.95. The Kier molecular flexibility index (Phi) is 7.48. The second-order valence-electron chi connectivity index (χ2n) is 14.5. The van der Waals surface area contributed by atoms with E-state index < -0.39 is 0 Å². The zero-order valence-corrected chi connectivity index (χ0v) is 33.0. The lowest BCUT2D eigenvalue weighted by Gasteiger charge is -2.34. The fourth-order valence-electron chi connectivity index (χ4n) is 8.63. The highest BCUT2D eigenvalue weighted by atomic mass is 32.1. The summed E-state index contributed by atoms with van der Waals surface area (Å²) in [4.78, 5) is 4.98. The number of benzene rings is 9. The first kappa shape index (κ1) is 32.7. The van der Waals surface area contributed by atoms with Gasteiger partial charge in [0.1, 0.15) is 0 Å². The SMILES string of the molecule is c1ccc(N(c2ccc3c(c2)sc2ccccc23)c2ccc3sc4cc5ccccc5cc4c3c2N(c2ccccc2)c2ccc3c(c2)sc2ccccc23)cc1. The van der Waals surface area contributed by atoms with Crippen LogP contribution in [0.3, 0.4) is 0 Å². The minimum absolute atomic E-state index is 1.11. The van der Waals surface area contributed by atoms with Gasteiger partial charge in [0.25, 0.3) is 0 Å². The molecular weight excluding hydrogens is 749 g/mol. The van der Waals surface area contributed by atoms with Gasteiger partial charge in [0.05, 0.1) is 11.4 Å². The second kappa shape index (κ2) is 13.0. The maximum absolute atomic E-state index is 2.51. The normalized spacial score (nSPS) is 11.9. The third-order valence-corrected chi connectivity index (χ3v) is 14.6. The Bertz CT molecular complexity index is 3490. The van der Waals surface area contributed by atoms with Crippen LogP contribution in [0.5, 0.6) is 0 Å². The summed E-state index contributed by atoms with van der Waals surface area (Å²) in [6, 6.07) is 71.6. The van der Waals surface area contributed by atoms with Gasteiger partial charge in [-0.3, -0.25) is 0 Å². The van der Waals surface area contributed by atoms with Crippen LogP contribution in [-0.4, -0.2) is 0 Å². The Morgan fingerprint density at radius 3 is 1.39 bits per heavy atom. The van der Waals surface area contributed by atoms with Gasteiger partial charge in [0, 0.05) is 83.3 Å². The van der Waals surface area contributed by atoms with Crippen molar-refractivity contribution in [3.05, 3.63) is 194 Å². The lowest BCUT2D eigenvalue weighted by Crippen LogP contribution is -2.17. The fraction of sp³-hybridized carbons (Fsp3) is 0. The van der Waals surface area contributed by atoms with E-state index in [1.165, 1.54) is 71.3 Å². The first-order chi connectivity index (χ1) is 28.2. The molecule has 0 N–H and O–H groups in total. The zero-order valence-electron chi connectivity index (χ0n) is 30.6. The van der Waals surface area contributed by atoms with Crippen molar-refractivity contribution in [1.82, 2.24) is 0 Å². The molecule has 0 atom stereocenters. The van der Waals surface area contributed by atoms with Crippen molar-refractivity contribution < 1.29 is 0 Å². The monoisotopic (exact) mass is 780 g/mol. The van der Waals surface area contributed by atoms with Crippen LogP contribution in [0, 0.1) is 0 Å². The average molecular weight is 781 g/mol. The van der Waals surface area contributed by atoms with E-state index in [1.54, 1.807) is 0 Å². The van der Waals surface area contributed by atoms with Crippen LogP contribution in [0.2, 0.25) is 0 Å². The van der Waals surface area contributed by atoms with Crippen molar-refractivity contribution in [2.24, 2.45) is 0 Å². The Labute approximate surface area is 341 Å². The lowest BCUT2D eigenvalue weighted by molar-refractivity contribution is 1.24. The van der Waals surface area contributed by atoms with E-state index in [1.807, 2.05) is 34.0 Å². The Hall–Kier alpha value is -6.50. The van der Waals surface area contributed by atoms with Crippen molar-refractivity contribution in [1.29, 1.82) is 0 Å². The maximum atomic E-state index is 2.51. The molecule has 0 aliphatic rings. The van der Waals surface area contributed by atoms with Gasteiger partial charge in [0.15, 0.2) is 0 Å². The van der Waals surface area contributed by atoms with Crippen molar-refractivity contribution in [2.75, 3.05) is 9.80 Å². The highest BCUT2D eigenvalue weighted by molar-refractivity contribution is 7.26. The number of nitrogens with zero attached hydrogens (tertiary/aromatic N) is 2. The summed E-state index contributed by atoms with van der Waals surface area (Å²) in [6.07, 6.45) is 0. The molecule has 0 bridgehead atoms. The van der Waals surface area contributed by atoms with Crippen molar-refractivity contribution >= 4 is 139 Å². The molecule has 12 rings (SSSR count). The van der Waals surface area contributed by atoms with Crippen LogP contribution in [0.4, 0.5) is 34.1 Å². The first-order valence-corrected chi connectivity index (χ1v) is 21.6. The van der Waals surface area contributed by atoms with Crippen molar-refractivity contribution in [2.45, 2.75) is 0 Å². The number of fused-ring (bicyclic) bond motifs is 10. The van der Waals surface area contributed by atoms with E-state index in [0.29, 0.717) is 0 Å². The fourth-order valence-corrected chi connectivity index (χ4v) is 12.0. The summed E-state index contributed by atoms with van der Waals surface area (Å²) in [5.74, 6) is 0. The number of hydrogen-bond donors (Lipinski definition) is 0. The molecule has 9 aromatic carbocycles. The quantitative estimate of drug-likeness (QED) is 0.166. The molecule has 268 valence electrons. The smallest absolute Gasteiger partial charge is 0.0796 e. The number of rotatable bonds is 6. The van der Waals surface area contributed by atoms with Gasteiger partial charge in [-0.2, -0.15) is 0 Å². The number of para-hydroxylation sites is 2. The molecular formula is C52H32N2S3. The van der Waals surface area contributed by atoms with E-state index in [2.05, 4.69) is 204 Å². The van der Waals surface area contributed by atoms with Crippen molar-refractivity contribution in [3.8, 4) is 0 Å². The van der Waals surface area contributed by atoms with Gasteiger partial charge < -0.3 is 9.80 Å². The zero-order chi connectivity index (χ0) is 37.5. The number of thiophene rings is 3. The third kappa shape index (κ3) is 5.28. The van der Waals surface area contributed by atoms with Gasteiger partial charge in [-0.25, -0.2) is 0 Å². The Morgan fingerprint density at radius 2 is 0.754 bits per heavy atom. The molecule has 0 fully saturated rings. The Morgan fingerprint density at radius 1 is 0.281 bits per heavy atom. The highest BCUT2D eigenvalue weighted by Crippen LogP contribution is 2.54. The lowest BCUT2D eigenvalue weighted by atomic mass is 10.0. The van der Waals surface area contributed by atoms with Gasteiger partial charge in [-0.1, -0.05) is 109 Å². The van der Waals surface area contributed by atoms with Crippen LogP contribution in [-0.2, 0) is 0 Å². The van der Waals surface area contributed by atoms with E-state index in [0.717, 1.165) is 34.1 Å². The second-order valence-corrected chi connectivity index (χ2v) is 17.8. The van der Waals surface area contributed by atoms with E-state index in [-0.39, 0.29) is 0 Å². The minimum Gasteiger partial charge on any atom is -0.308 e. The van der Waals surface area contributed by atoms with Crippen molar-refractivity contribution in [3.63, 3.8) is 0 Å². The molecule has 3 aromatic heterocycles. The Balaban J connectivity index is 1.21. The number of hydrogen-bond acceptors (Lipinski definition) is 5. The predicted octanol–water partition coefficient (Wildman–Crippen LogP) is 16.9. The van der Waals surface area contributed by atoms with E-state index >= 15 is 0 Å². The molecule has 2 nitrogen and oxygen atoms in total. The topological polar surface area (TPSA) is 6.48 Å². The van der Waals surface area contributed by atoms with Gasteiger partial charge in [0.2, 0.25) is 0 Å². The van der Waals surface area contributed by atoms with Crippen LogP contribution in [0.25, 0.3) is 71.3 Å². The van der Waals surface area contributed by atoms with E-state index in [4.69, 9.17) is 0 Å². The molecule has 0 saturated heterocycles. The molecule has 0 radical (unpaired) electrons. The molecule has 0 amide bonds. The predicted molar refractivity (Wildman–Crippen MR) is 252 cm³/mol. The summed E-state index contributed by atoms with van der Waals surface area (Å²) >= 11 is 5.61. The van der Waals surface area contributed by atoms with Gasteiger partial charge in [-0.05, 0) is 95.7 Å².